The van der Waals surface area contributed by atoms with Gasteiger partial charge in [-0.25, -0.2) is 14.8 Å². The molecule has 34 heavy (non-hydrogen) atoms. The van der Waals surface area contributed by atoms with E-state index in [2.05, 4.69) is 46.3 Å². The van der Waals surface area contributed by atoms with Crippen LogP contribution in [0.25, 0.3) is 0 Å². The van der Waals surface area contributed by atoms with Gasteiger partial charge in [0.05, 0.1) is 0 Å². The number of carboxylic acid groups (broad SMARTS) is 1. The second kappa shape index (κ2) is 11.0. The van der Waals surface area contributed by atoms with Gasteiger partial charge in [0.1, 0.15) is 6.17 Å². The molecule has 0 spiro atoms. The molecular weight excluding hydrogens is 430 g/mol. The van der Waals surface area contributed by atoms with Gasteiger partial charge in [-0.2, -0.15) is 0 Å². The second-order valence-corrected chi connectivity index (χ2v) is 9.35. The van der Waals surface area contributed by atoms with E-state index in [4.69, 9.17) is 0 Å². The van der Waals surface area contributed by atoms with Crippen LogP contribution in [-0.2, 0) is 17.9 Å². The molecule has 2 atom stereocenters. The van der Waals surface area contributed by atoms with Crippen LogP contribution in [0.2, 0.25) is 0 Å². The first kappa shape index (κ1) is 24.2. The predicted molar refractivity (Wildman–Crippen MR) is 131 cm³/mol. The summed E-state index contributed by atoms with van der Waals surface area (Å²) in [4.78, 5) is 29.4. The number of aliphatic carboxylic acids is 1. The van der Waals surface area contributed by atoms with E-state index in [1.807, 2.05) is 47.4 Å². The van der Waals surface area contributed by atoms with Crippen molar-refractivity contribution in [3.63, 3.8) is 0 Å². The Bertz CT molecular complexity index is 968. The number of nitrogens with zero attached hydrogens (tertiary/aromatic N) is 4. The van der Waals surface area contributed by atoms with Gasteiger partial charge in [0.2, 0.25) is 0 Å². The summed E-state index contributed by atoms with van der Waals surface area (Å²) in [5.74, 6) is -0.779. The maximum Gasteiger partial charge on any atom is 0.333 e. The Kier molecular flexibility index (Phi) is 7.82. The number of rotatable bonds is 7. The summed E-state index contributed by atoms with van der Waals surface area (Å²) in [6.45, 7) is 6.35. The van der Waals surface area contributed by atoms with Gasteiger partial charge in [0, 0.05) is 58.8 Å². The molecule has 2 heterocycles. The number of nitrogens with one attached hydrogen (secondary N) is 1. The van der Waals surface area contributed by atoms with Crippen molar-refractivity contribution in [2.45, 2.75) is 45.1 Å². The van der Waals surface area contributed by atoms with E-state index >= 15 is 0 Å². The molecule has 0 saturated carbocycles. The summed E-state index contributed by atoms with van der Waals surface area (Å²) < 4.78 is 0. The van der Waals surface area contributed by atoms with Crippen molar-refractivity contribution in [3.8, 4) is 0 Å². The summed E-state index contributed by atoms with van der Waals surface area (Å²) >= 11 is 0. The summed E-state index contributed by atoms with van der Waals surface area (Å²) in [6.07, 6.45) is 0.550. The number of hydrazine groups is 1. The number of hydrogen-bond donors (Lipinski definition) is 2. The van der Waals surface area contributed by atoms with Crippen molar-refractivity contribution in [3.05, 3.63) is 71.3 Å². The van der Waals surface area contributed by atoms with Crippen LogP contribution in [-0.4, -0.2) is 82.4 Å². The van der Waals surface area contributed by atoms with E-state index in [9.17, 15) is 14.7 Å². The van der Waals surface area contributed by atoms with Gasteiger partial charge in [0.15, 0.2) is 0 Å². The maximum absolute atomic E-state index is 13.3. The quantitative estimate of drug-likeness (QED) is 0.655. The zero-order chi connectivity index (χ0) is 24.1. The van der Waals surface area contributed by atoms with Crippen molar-refractivity contribution in [1.82, 2.24) is 25.1 Å². The number of amides is 2. The fourth-order valence-electron chi connectivity index (χ4n) is 4.97. The smallest absolute Gasteiger partial charge is 0.333 e. The molecule has 2 amide bonds. The Hall–Kier alpha value is -2.94. The van der Waals surface area contributed by atoms with Crippen molar-refractivity contribution in [1.29, 1.82) is 0 Å². The zero-order valence-electron chi connectivity index (χ0n) is 20.1. The van der Waals surface area contributed by atoms with Gasteiger partial charge in [-0.15, -0.1) is 0 Å². The number of carbonyl (C=O) groups excluding carboxylic acids is 1. The lowest BCUT2D eigenvalue weighted by Gasteiger charge is -2.55. The Morgan fingerprint density at radius 3 is 2.44 bits per heavy atom. The normalized spacial score (nSPS) is 21.8. The summed E-state index contributed by atoms with van der Waals surface area (Å²) in [7, 11) is 1.95. The third-order valence-electron chi connectivity index (χ3n) is 6.79. The highest BCUT2D eigenvalue weighted by molar-refractivity contribution is 5.74. The topological polar surface area (TPSA) is 79.4 Å². The van der Waals surface area contributed by atoms with Crippen LogP contribution in [0.5, 0.6) is 0 Å². The van der Waals surface area contributed by atoms with Crippen molar-refractivity contribution in [2.24, 2.45) is 0 Å². The number of carboxylic acids is 1. The van der Waals surface area contributed by atoms with Crippen LogP contribution in [0, 0.1) is 6.92 Å². The van der Waals surface area contributed by atoms with Gasteiger partial charge >= 0.3 is 12.0 Å². The number of hydrogen-bond acceptors (Lipinski definition) is 5. The average molecular weight is 466 g/mol. The van der Waals surface area contributed by atoms with Crippen LogP contribution >= 0.6 is 0 Å². The minimum atomic E-state index is -0.779. The minimum Gasteiger partial charge on any atom is -0.481 e. The third kappa shape index (κ3) is 5.94. The minimum absolute atomic E-state index is 0.0819. The fraction of sp³-hybridized carbons (Fsp3) is 0.462. The lowest BCUT2D eigenvalue weighted by Crippen LogP contribution is -2.73. The van der Waals surface area contributed by atoms with E-state index in [1.54, 1.807) is 0 Å². The van der Waals surface area contributed by atoms with Gasteiger partial charge < -0.3 is 10.4 Å². The molecule has 0 bridgehead atoms. The molecule has 182 valence electrons. The fourth-order valence-corrected chi connectivity index (χ4v) is 4.97. The number of benzene rings is 2. The van der Waals surface area contributed by atoms with E-state index < -0.39 is 5.97 Å². The first-order valence-corrected chi connectivity index (χ1v) is 12.0. The average Bonchev–Trinajstić information content (AvgIpc) is 2.83. The Labute approximate surface area is 201 Å². The molecule has 0 radical (unpaired) electrons. The highest BCUT2D eigenvalue weighted by Crippen LogP contribution is 2.27. The molecule has 0 aliphatic carbocycles. The number of likely N-dealkylation sites (N-methyl/N-ethyl adjacent to an activating group) is 1. The van der Waals surface area contributed by atoms with E-state index in [0.717, 1.165) is 31.7 Å². The summed E-state index contributed by atoms with van der Waals surface area (Å²) in [5, 5.41) is 16.2. The molecule has 0 aromatic heterocycles. The van der Waals surface area contributed by atoms with Crippen LogP contribution in [0.15, 0.2) is 54.6 Å². The molecule has 0 unspecified atom stereocenters. The van der Waals surface area contributed by atoms with Crippen molar-refractivity contribution >= 4 is 12.0 Å². The molecule has 4 rings (SSSR count). The van der Waals surface area contributed by atoms with Crippen LogP contribution in [0.4, 0.5) is 4.79 Å². The lowest BCUT2D eigenvalue weighted by atomic mass is 10.0. The monoisotopic (exact) mass is 465 g/mol. The van der Waals surface area contributed by atoms with Crippen molar-refractivity contribution in [2.75, 3.05) is 33.2 Å². The number of fused-ring (bicyclic) bond motifs is 1. The summed E-state index contributed by atoms with van der Waals surface area (Å²) in [5.41, 5.74) is 3.50. The zero-order valence-corrected chi connectivity index (χ0v) is 20.1. The molecule has 2 aromatic carbocycles. The molecule has 2 fully saturated rings. The number of carbonyl (C=O) groups is 2. The molecule has 2 aliphatic rings. The molecular formula is C26H35N5O3. The van der Waals surface area contributed by atoms with E-state index in [-0.39, 0.29) is 24.7 Å². The maximum atomic E-state index is 13.3. The SMILES string of the molecule is Cc1ccc(CN2C[C@H](CCC(=O)O)N3CCN(C)N(C(=O)NCc4ccccc4)[C@H]3C2)cc1. The Balaban J connectivity index is 1.51. The molecule has 2 saturated heterocycles. The molecule has 2 aliphatic heterocycles. The van der Waals surface area contributed by atoms with Crippen LogP contribution in [0.1, 0.15) is 29.5 Å². The molecule has 8 nitrogen and oxygen atoms in total. The lowest BCUT2D eigenvalue weighted by molar-refractivity contribution is -0.155. The standard InChI is InChI=1S/C26H35N5O3/c1-20-8-10-22(11-9-20)17-29-18-23(12-13-25(32)33)30-15-14-28(2)31(24(30)19-29)26(34)27-16-21-6-4-3-5-7-21/h3-11,23-24H,12-19H2,1-2H3,(H,27,34)(H,32,33)/t23-,24-/m0/s1. The summed E-state index contributed by atoms with van der Waals surface area (Å²) in [6, 6.07) is 18.4. The highest BCUT2D eigenvalue weighted by Gasteiger charge is 2.43. The molecule has 2 aromatic rings. The number of aryl methyl sites for hydroxylation is 1. The van der Waals surface area contributed by atoms with Gasteiger partial charge in [-0.05, 0) is 24.5 Å². The van der Waals surface area contributed by atoms with E-state index in [0.29, 0.717) is 19.5 Å². The predicted octanol–water partition coefficient (Wildman–Crippen LogP) is 2.74. The Morgan fingerprint density at radius 1 is 1.00 bits per heavy atom. The van der Waals surface area contributed by atoms with Crippen molar-refractivity contribution < 1.29 is 14.7 Å². The largest absolute Gasteiger partial charge is 0.481 e. The van der Waals surface area contributed by atoms with Gasteiger partial charge in [-0.1, -0.05) is 60.2 Å². The molecule has 8 heteroatoms. The van der Waals surface area contributed by atoms with Crippen LogP contribution < -0.4 is 5.32 Å². The Morgan fingerprint density at radius 2 is 1.74 bits per heavy atom. The van der Waals surface area contributed by atoms with Gasteiger partial charge in [-0.3, -0.25) is 14.6 Å². The third-order valence-corrected chi connectivity index (χ3v) is 6.79. The first-order chi connectivity index (χ1) is 16.4. The highest BCUT2D eigenvalue weighted by atomic mass is 16.4. The van der Waals surface area contributed by atoms with Gasteiger partial charge in [0.25, 0.3) is 0 Å². The van der Waals surface area contributed by atoms with E-state index in [1.165, 1.54) is 11.1 Å². The first-order valence-electron chi connectivity index (χ1n) is 12.0. The molecule has 2 N–H and O–H groups in total. The number of urea groups is 1. The second-order valence-electron chi connectivity index (χ2n) is 9.35. The number of piperazine rings is 1. The van der Waals surface area contributed by atoms with Crippen LogP contribution in [0.3, 0.4) is 0 Å².